The molecule has 0 radical (unpaired) electrons. The zero-order valence-corrected chi connectivity index (χ0v) is 11.9. The minimum absolute atomic E-state index is 0.149. The van der Waals surface area contributed by atoms with Crippen LogP contribution in [0.5, 0.6) is 0 Å². The summed E-state index contributed by atoms with van der Waals surface area (Å²) in [5, 5.41) is 9.42. The summed E-state index contributed by atoms with van der Waals surface area (Å²) in [6, 6.07) is 6.22. The van der Waals surface area contributed by atoms with Gasteiger partial charge in [-0.1, -0.05) is 18.2 Å². The van der Waals surface area contributed by atoms with Crippen molar-refractivity contribution in [3.05, 3.63) is 51.9 Å². The molecule has 0 saturated heterocycles. The topological polar surface area (TPSA) is 93.8 Å². The van der Waals surface area contributed by atoms with Gasteiger partial charge in [-0.05, 0) is 30.7 Å². The van der Waals surface area contributed by atoms with Crippen LogP contribution in [-0.4, -0.2) is 23.7 Å². The van der Waals surface area contributed by atoms with Crippen LogP contribution in [0.1, 0.15) is 29.3 Å². The molecule has 2 aromatic rings. The molecule has 0 aliphatic heterocycles. The summed E-state index contributed by atoms with van der Waals surface area (Å²) in [5.41, 5.74) is -0.245. The highest BCUT2D eigenvalue weighted by atomic mass is 16.5. The van der Waals surface area contributed by atoms with Gasteiger partial charge in [0.2, 0.25) is 0 Å². The lowest BCUT2D eigenvalue weighted by atomic mass is 10.1. The van der Waals surface area contributed by atoms with Gasteiger partial charge < -0.3 is 14.3 Å². The molecular weight excluding hydrogens is 288 g/mol. The molecule has 1 N–H and O–H groups in total. The second-order valence-electron chi connectivity index (χ2n) is 4.46. The van der Waals surface area contributed by atoms with Crippen molar-refractivity contribution >= 4 is 29.0 Å². The fourth-order valence-corrected chi connectivity index (χ4v) is 1.91. The first-order chi connectivity index (χ1) is 10.5. The summed E-state index contributed by atoms with van der Waals surface area (Å²) >= 11 is 0. The SMILES string of the molecule is CCOC(=O)CC=Cc1ccc2oc(=O)c(C(=O)O)cc2c1. The summed E-state index contributed by atoms with van der Waals surface area (Å²) in [5.74, 6) is -1.65. The Hall–Kier alpha value is -2.89. The van der Waals surface area contributed by atoms with Gasteiger partial charge in [-0.25, -0.2) is 9.59 Å². The largest absolute Gasteiger partial charge is 0.477 e. The van der Waals surface area contributed by atoms with E-state index in [2.05, 4.69) is 0 Å². The van der Waals surface area contributed by atoms with Crippen molar-refractivity contribution in [2.75, 3.05) is 6.61 Å². The van der Waals surface area contributed by atoms with Crippen LogP contribution in [0.25, 0.3) is 17.0 Å². The Morgan fingerprint density at radius 1 is 1.32 bits per heavy atom. The Kier molecular flexibility index (Phi) is 4.73. The number of hydrogen-bond acceptors (Lipinski definition) is 5. The van der Waals surface area contributed by atoms with Gasteiger partial charge in [-0.15, -0.1) is 0 Å². The van der Waals surface area contributed by atoms with Gasteiger partial charge in [0.05, 0.1) is 13.0 Å². The number of carbonyl (C=O) groups is 2. The molecule has 22 heavy (non-hydrogen) atoms. The molecule has 0 unspecified atom stereocenters. The number of hydrogen-bond donors (Lipinski definition) is 1. The van der Waals surface area contributed by atoms with Gasteiger partial charge in [0, 0.05) is 5.39 Å². The van der Waals surface area contributed by atoms with E-state index >= 15 is 0 Å². The molecule has 0 atom stereocenters. The molecular formula is C16H14O6. The number of benzene rings is 1. The van der Waals surface area contributed by atoms with Gasteiger partial charge in [-0.3, -0.25) is 4.79 Å². The number of fused-ring (bicyclic) bond motifs is 1. The minimum Gasteiger partial charge on any atom is -0.477 e. The van der Waals surface area contributed by atoms with Gasteiger partial charge in [0.1, 0.15) is 11.1 Å². The van der Waals surface area contributed by atoms with Crippen LogP contribution in [-0.2, 0) is 9.53 Å². The van der Waals surface area contributed by atoms with E-state index < -0.39 is 17.2 Å². The Labute approximate surface area is 125 Å². The van der Waals surface area contributed by atoms with Gasteiger partial charge >= 0.3 is 17.6 Å². The number of aromatic carboxylic acids is 1. The number of ether oxygens (including phenoxy) is 1. The van der Waals surface area contributed by atoms with Crippen molar-refractivity contribution in [1.82, 2.24) is 0 Å². The second kappa shape index (κ2) is 6.71. The number of carboxylic acid groups (broad SMARTS) is 1. The first-order valence-electron chi connectivity index (χ1n) is 6.64. The predicted octanol–water partition coefficient (Wildman–Crippen LogP) is 2.46. The molecule has 114 valence electrons. The molecule has 1 aromatic carbocycles. The molecule has 2 rings (SSSR count). The van der Waals surface area contributed by atoms with E-state index in [-0.39, 0.29) is 12.4 Å². The Bertz CT molecular complexity index is 800. The van der Waals surface area contributed by atoms with Crippen LogP contribution >= 0.6 is 0 Å². The average Bonchev–Trinajstić information content (AvgIpc) is 2.47. The highest BCUT2D eigenvalue weighted by molar-refractivity contribution is 5.92. The fourth-order valence-electron chi connectivity index (χ4n) is 1.91. The summed E-state index contributed by atoms with van der Waals surface area (Å²) < 4.78 is 9.75. The highest BCUT2D eigenvalue weighted by Gasteiger charge is 2.11. The van der Waals surface area contributed by atoms with E-state index in [1.54, 1.807) is 37.3 Å². The molecule has 6 nitrogen and oxygen atoms in total. The van der Waals surface area contributed by atoms with E-state index in [0.717, 1.165) is 5.56 Å². The zero-order chi connectivity index (χ0) is 16.1. The maximum absolute atomic E-state index is 11.5. The average molecular weight is 302 g/mol. The standard InChI is InChI=1S/C16H14O6/c1-2-21-14(17)5-3-4-10-6-7-13-11(8-10)9-12(15(18)19)16(20)22-13/h3-4,6-9H,2,5H2,1H3,(H,18,19). The second-order valence-corrected chi connectivity index (χ2v) is 4.46. The molecule has 0 saturated carbocycles. The van der Waals surface area contributed by atoms with Gasteiger partial charge in [0.15, 0.2) is 0 Å². The molecule has 1 aromatic heterocycles. The molecule has 0 bridgehead atoms. The monoisotopic (exact) mass is 302 g/mol. The third-order valence-corrected chi connectivity index (χ3v) is 2.89. The Morgan fingerprint density at radius 2 is 2.09 bits per heavy atom. The van der Waals surface area contributed by atoms with E-state index in [1.165, 1.54) is 6.07 Å². The predicted molar refractivity (Wildman–Crippen MR) is 79.7 cm³/mol. The molecule has 1 heterocycles. The fraction of sp³-hybridized carbons (Fsp3) is 0.188. The molecule has 0 spiro atoms. The van der Waals surface area contributed by atoms with Crippen molar-refractivity contribution in [3.8, 4) is 0 Å². The van der Waals surface area contributed by atoms with Crippen molar-refractivity contribution in [2.45, 2.75) is 13.3 Å². The number of esters is 1. The lowest BCUT2D eigenvalue weighted by Gasteiger charge is -2.00. The zero-order valence-electron chi connectivity index (χ0n) is 11.9. The third kappa shape index (κ3) is 3.60. The van der Waals surface area contributed by atoms with Crippen molar-refractivity contribution < 1.29 is 23.8 Å². The minimum atomic E-state index is -1.33. The van der Waals surface area contributed by atoms with E-state index in [1.807, 2.05) is 0 Å². The number of carbonyl (C=O) groups excluding carboxylic acids is 1. The number of carboxylic acids is 1. The Balaban J connectivity index is 2.28. The van der Waals surface area contributed by atoms with Gasteiger partial charge in [0.25, 0.3) is 0 Å². The normalized spacial score (nSPS) is 11.0. The smallest absolute Gasteiger partial charge is 0.351 e. The molecule has 0 amide bonds. The van der Waals surface area contributed by atoms with E-state index in [9.17, 15) is 14.4 Å². The van der Waals surface area contributed by atoms with E-state index in [0.29, 0.717) is 17.6 Å². The van der Waals surface area contributed by atoms with Crippen LogP contribution in [0.15, 0.2) is 39.6 Å². The summed E-state index contributed by atoms with van der Waals surface area (Å²) in [6.07, 6.45) is 3.51. The van der Waals surface area contributed by atoms with Crippen molar-refractivity contribution in [1.29, 1.82) is 0 Å². The summed E-state index contributed by atoms with van der Waals surface area (Å²) in [4.78, 5) is 33.6. The maximum Gasteiger partial charge on any atom is 0.351 e. The van der Waals surface area contributed by atoms with E-state index in [4.69, 9.17) is 14.3 Å². The first-order valence-corrected chi connectivity index (χ1v) is 6.64. The van der Waals surface area contributed by atoms with Crippen LogP contribution in [0.2, 0.25) is 0 Å². The van der Waals surface area contributed by atoms with Crippen LogP contribution < -0.4 is 5.63 Å². The van der Waals surface area contributed by atoms with Crippen LogP contribution in [0, 0.1) is 0 Å². The Morgan fingerprint density at radius 3 is 2.77 bits per heavy atom. The maximum atomic E-state index is 11.5. The highest BCUT2D eigenvalue weighted by Crippen LogP contribution is 2.17. The summed E-state index contributed by atoms with van der Waals surface area (Å²) in [6.45, 7) is 2.07. The van der Waals surface area contributed by atoms with Gasteiger partial charge in [-0.2, -0.15) is 0 Å². The molecule has 0 aliphatic rings. The number of rotatable bonds is 5. The van der Waals surface area contributed by atoms with Crippen LogP contribution in [0.3, 0.4) is 0 Å². The lowest BCUT2D eigenvalue weighted by Crippen LogP contribution is -2.12. The summed E-state index contributed by atoms with van der Waals surface area (Å²) in [7, 11) is 0. The third-order valence-electron chi connectivity index (χ3n) is 2.89. The first kappa shape index (κ1) is 15.5. The molecule has 0 aliphatic carbocycles. The molecule has 6 heteroatoms. The lowest BCUT2D eigenvalue weighted by molar-refractivity contribution is -0.142. The van der Waals surface area contributed by atoms with Crippen molar-refractivity contribution in [2.24, 2.45) is 0 Å². The quantitative estimate of drug-likeness (QED) is 0.673. The van der Waals surface area contributed by atoms with Crippen molar-refractivity contribution in [3.63, 3.8) is 0 Å². The molecule has 0 fully saturated rings. The van der Waals surface area contributed by atoms with Crippen LogP contribution in [0.4, 0.5) is 0 Å².